The van der Waals surface area contributed by atoms with Crippen molar-refractivity contribution in [2.45, 2.75) is 45.8 Å². The highest BCUT2D eigenvalue weighted by atomic mass is 35.5. The van der Waals surface area contributed by atoms with Crippen LogP contribution >= 0.6 is 23.2 Å². The van der Waals surface area contributed by atoms with E-state index in [0.717, 1.165) is 6.42 Å². The maximum absolute atomic E-state index is 13.1. The summed E-state index contributed by atoms with van der Waals surface area (Å²) in [6.45, 7) is 5.46. The van der Waals surface area contributed by atoms with Gasteiger partial charge in [0.05, 0.1) is 7.11 Å². The maximum Gasteiger partial charge on any atom is 0.261 e. The summed E-state index contributed by atoms with van der Waals surface area (Å²) in [5.74, 6) is 0.360. The molecule has 0 aliphatic heterocycles. The minimum Gasteiger partial charge on any atom is -0.493 e. The number of benzene rings is 2. The number of hydrogen-bond donors (Lipinski definition) is 1. The van der Waals surface area contributed by atoms with Crippen molar-refractivity contribution in [2.75, 3.05) is 13.7 Å². The predicted molar refractivity (Wildman–Crippen MR) is 123 cm³/mol. The number of para-hydroxylation sites is 2. The second-order valence-electron chi connectivity index (χ2n) is 7.19. The Morgan fingerprint density at radius 3 is 2.39 bits per heavy atom. The van der Waals surface area contributed by atoms with E-state index in [-0.39, 0.29) is 31.0 Å². The Morgan fingerprint density at radius 2 is 1.77 bits per heavy atom. The van der Waals surface area contributed by atoms with Crippen molar-refractivity contribution in [3.63, 3.8) is 0 Å². The molecule has 0 aliphatic rings. The Bertz CT molecular complexity index is 907. The Hall–Kier alpha value is -2.44. The van der Waals surface area contributed by atoms with Crippen molar-refractivity contribution in [3.05, 3.63) is 58.1 Å². The Labute approximate surface area is 193 Å². The monoisotopic (exact) mass is 466 g/mol. The SMILES string of the molecule is CC[C@@H](C)NC(=O)[C@H](C)N(Cc1ccc(Cl)cc1Cl)C(=O)COc1ccccc1OC. The first-order valence-electron chi connectivity index (χ1n) is 10.1. The third-order valence-electron chi connectivity index (χ3n) is 4.94. The summed E-state index contributed by atoms with van der Waals surface area (Å²) in [5, 5.41) is 3.83. The molecule has 8 heteroatoms. The smallest absolute Gasteiger partial charge is 0.261 e. The molecular formula is C23H28Cl2N2O4. The van der Waals surface area contributed by atoms with Gasteiger partial charge in [0, 0.05) is 22.6 Å². The van der Waals surface area contributed by atoms with Crippen molar-refractivity contribution in [1.29, 1.82) is 0 Å². The number of ether oxygens (including phenoxy) is 2. The van der Waals surface area contributed by atoms with Crippen LogP contribution in [0.5, 0.6) is 11.5 Å². The van der Waals surface area contributed by atoms with E-state index in [1.807, 2.05) is 19.9 Å². The molecule has 0 spiro atoms. The van der Waals surface area contributed by atoms with Gasteiger partial charge < -0.3 is 19.7 Å². The van der Waals surface area contributed by atoms with E-state index in [0.29, 0.717) is 27.1 Å². The van der Waals surface area contributed by atoms with Gasteiger partial charge in [-0.2, -0.15) is 0 Å². The van der Waals surface area contributed by atoms with Crippen molar-refractivity contribution in [1.82, 2.24) is 10.2 Å². The van der Waals surface area contributed by atoms with Crippen LogP contribution in [0.4, 0.5) is 0 Å². The number of rotatable bonds is 10. The summed E-state index contributed by atoms with van der Waals surface area (Å²) in [7, 11) is 1.53. The Morgan fingerprint density at radius 1 is 1.10 bits per heavy atom. The maximum atomic E-state index is 13.1. The van der Waals surface area contributed by atoms with Gasteiger partial charge in [-0.3, -0.25) is 9.59 Å². The third-order valence-corrected chi connectivity index (χ3v) is 5.53. The van der Waals surface area contributed by atoms with Crippen LogP contribution in [-0.4, -0.2) is 42.5 Å². The fourth-order valence-corrected chi connectivity index (χ4v) is 3.31. The molecule has 0 saturated carbocycles. The number of nitrogens with one attached hydrogen (secondary N) is 1. The molecule has 0 fully saturated rings. The molecule has 0 radical (unpaired) electrons. The fourth-order valence-electron chi connectivity index (χ4n) is 2.84. The normalized spacial score (nSPS) is 12.6. The average molecular weight is 467 g/mol. The molecule has 2 atom stereocenters. The zero-order chi connectivity index (χ0) is 23.0. The molecule has 0 aliphatic carbocycles. The van der Waals surface area contributed by atoms with Gasteiger partial charge in [0.15, 0.2) is 18.1 Å². The van der Waals surface area contributed by atoms with Crippen molar-refractivity contribution < 1.29 is 19.1 Å². The molecule has 0 heterocycles. The molecular weight excluding hydrogens is 439 g/mol. The van der Waals surface area contributed by atoms with Gasteiger partial charge in [-0.15, -0.1) is 0 Å². The van der Waals surface area contributed by atoms with Crippen LogP contribution in [0.25, 0.3) is 0 Å². The van der Waals surface area contributed by atoms with E-state index in [1.54, 1.807) is 43.3 Å². The molecule has 0 unspecified atom stereocenters. The van der Waals surface area contributed by atoms with Crippen molar-refractivity contribution >= 4 is 35.0 Å². The van der Waals surface area contributed by atoms with Gasteiger partial charge in [0.25, 0.3) is 5.91 Å². The standard InChI is InChI=1S/C23H28Cl2N2O4/c1-5-15(2)26-23(29)16(3)27(13-17-10-11-18(24)12-19(17)25)22(28)14-31-21-9-7-6-8-20(21)30-4/h6-12,15-16H,5,13-14H2,1-4H3,(H,26,29)/t15-,16+/m1/s1. The number of methoxy groups -OCH3 is 1. The molecule has 2 aromatic carbocycles. The largest absolute Gasteiger partial charge is 0.493 e. The van der Waals surface area contributed by atoms with Gasteiger partial charge in [-0.25, -0.2) is 0 Å². The second-order valence-corrected chi connectivity index (χ2v) is 8.03. The quantitative estimate of drug-likeness (QED) is 0.550. The molecule has 6 nitrogen and oxygen atoms in total. The van der Waals surface area contributed by atoms with Crippen LogP contribution in [0.1, 0.15) is 32.8 Å². The zero-order valence-electron chi connectivity index (χ0n) is 18.2. The van der Waals surface area contributed by atoms with Gasteiger partial charge in [-0.1, -0.05) is 48.3 Å². The Balaban J connectivity index is 2.22. The summed E-state index contributed by atoms with van der Waals surface area (Å²) in [6, 6.07) is 11.4. The molecule has 0 bridgehead atoms. The minimum atomic E-state index is -0.727. The number of carbonyl (C=O) groups excluding carboxylic acids is 2. The number of carbonyl (C=O) groups is 2. The van der Waals surface area contributed by atoms with E-state index in [1.165, 1.54) is 12.0 Å². The van der Waals surface area contributed by atoms with E-state index >= 15 is 0 Å². The summed E-state index contributed by atoms with van der Waals surface area (Å²) < 4.78 is 10.9. The van der Waals surface area contributed by atoms with Crippen LogP contribution < -0.4 is 14.8 Å². The number of hydrogen-bond acceptors (Lipinski definition) is 4. The topological polar surface area (TPSA) is 67.9 Å². The average Bonchev–Trinajstić information content (AvgIpc) is 2.76. The van der Waals surface area contributed by atoms with Crippen LogP contribution in [0.2, 0.25) is 10.0 Å². The van der Waals surface area contributed by atoms with Crippen LogP contribution in [0, 0.1) is 0 Å². The first-order valence-corrected chi connectivity index (χ1v) is 10.8. The molecule has 0 saturated heterocycles. The second kappa shape index (κ2) is 11.8. The molecule has 31 heavy (non-hydrogen) atoms. The number of amides is 2. The van der Waals surface area contributed by atoms with E-state index < -0.39 is 6.04 Å². The molecule has 168 valence electrons. The first kappa shape index (κ1) is 24.8. The molecule has 0 aromatic heterocycles. The lowest BCUT2D eigenvalue weighted by atomic mass is 10.1. The lowest BCUT2D eigenvalue weighted by Gasteiger charge is -2.30. The van der Waals surface area contributed by atoms with E-state index in [4.69, 9.17) is 32.7 Å². The molecule has 2 amide bonds. The van der Waals surface area contributed by atoms with Crippen molar-refractivity contribution in [2.24, 2.45) is 0 Å². The summed E-state index contributed by atoms with van der Waals surface area (Å²) in [4.78, 5) is 27.3. The number of halogens is 2. The third kappa shape index (κ3) is 7.04. The Kier molecular flexibility index (Phi) is 9.46. The number of nitrogens with zero attached hydrogens (tertiary/aromatic N) is 1. The minimum absolute atomic E-state index is 0.00384. The fraction of sp³-hybridized carbons (Fsp3) is 0.391. The van der Waals surface area contributed by atoms with E-state index in [2.05, 4.69) is 5.32 Å². The summed E-state index contributed by atoms with van der Waals surface area (Å²) in [6.07, 6.45) is 0.784. The van der Waals surface area contributed by atoms with Crippen LogP contribution in [-0.2, 0) is 16.1 Å². The molecule has 2 aromatic rings. The molecule has 1 N–H and O–H groups in total. The van der Waals surface area contributed by atoms with Gasteiger partial charge in [-0.05, 0) is 50.1 Å². The lowest BCUT2D eigenvalue weighted by Crippen LogP contribution is -2.50. The van der Waals surface area contributed by atoms with Gasteiger partial charge in [0.2, 0.25) is 5.91 Å². The summed E-state index contributed by atoms with van der Waals surface area (Å²) >= 11 is 12.3. The first-order chi connectivity index (χ1) is 14.8. The van der Waals surface area contributed by atoms with Gasteiger partial charge >= 0.3 is 0 Å². The highest BCUT2D eigenvalue weighted by Gasteiger charge is 2.28. The van der Waals surface area contributed by atoms with E-state index in [9.17, 15) is 9.59 Å². The van der Waals surface area contributed by atoms with Crippen LogP contribution in [0.15, 0.2) is 42.5 Å². The lowest BCUT2D eigenvalue weighted by molar-refractivity contribution is -0.142. The highest BCUT2D eigenvalue weighted by molar-refractivity contribution is 6.35. The van der Waals surface area contributed by atoms with Gasteiger partial charge in [0.1, 0.15) is 6.04 Å². The van der Waals surface area contributed by atoms with Crippen molar-refractivity contribution in [3.8, 4) is 11.5 Å². The van der Waals surface area contributed by atoms with Crippen LogP contribution in [0.3, 0.4) is 0 Å². The zero-order valence-corrected chi connectivity index (χ0v) is 19.7. The summed E-state index contributed by atoms with van der Waals surface area (Å²) in [5.41, 5.74) is 0.680. The molecule has 2 rings (SSSR count). The highest BCUT2D eigenvalue weighted by Crippen LogP contribution is 2.26. The predicted octanol–water partition coefficient (Wildman–Crippen LogP) is 4.71.